The highest BCUT2D eigenvalue weighted by Crippen LogP contribution is 2.19. The predicted octanol–water partition coefficient (Wildman–Crippen LogP) is 2.45. The van der Waals surface area contributed by atoms with Crippen molar-refractivity contribution in [2.75, 3.05) is 20.3 Å². The van der Waals surface area contributed by atoms with Crippen LogP contribution in [0.4, 0.5) is 0 Å². The van der Waals surface area contributed by atoms with Crippen LogP contribution in [0.5, 0.6) is 5.75 Å². The molecule has 0 bridgehead atoms. The zero-order valence-electron chi connectivity index (χ0n) is 7.63. The van der Waals surface area contributed by atoms with Crippen molar-refractivity contribution >= 4 is 11.6 Å². The summed E-state index contributed by atoms with van der Waals surface area (Å²) in [5.74, 6) is 1.32. The molecule has 0 fully saturated rings. The first-order valence-electron chi connectivity index (χ1n) is 4.14. The van der Waals surface area contributed by atoms with E-state index in [9.17, 15) is 0 Å². The maximum absolute atomic E-state index is 5.73. The number of halogens is 1. The van der Waals surface area contributed by atoms with Gasteiger partial charge in [-0.1, -0.05) is 18.2 Å². The molecular weight excluding hydrogens is 188 g/mol. The average molecular weight is 201 g/mol. The second kappa shape index (κ2) is 5.84. The molecular formula is C10H13ClO2. The summed E-state index contributed by atoms with van der Waals surface area (Å²) >= 11 is 5.73. The fraction of sp³-hybridized carbons (Fsp3) is 0.400. The lowest BCUT2D eigenvalue weighted by molar-refractivity contribution is 0.146. The molecule has 0 N–H and O–H groups in total. The molecule has 1 aromatic rings. The normalized spacial score (nSPS) is 10.0. The van der Waals surface area contributed by atoms with Gasteiger partial charge in [0.2, 0.25) is 0 Å². The lowest BCUT2D eigenvalue weighted by atomic mass is 10.2. The van der Waals surface area contributed by atoms with Gasteiger partial charge >= 0.3 is 0 Å². The van der Waals surface area contributed by atoms with Gasteiger partial charge in [0.25, 0.3) is 0 Å². The van der Waals surface area contributed by atoms with Crippen molar-refractivity contribution in [2.24, 2.45) is 0 Å². The lowest BCUT2D eigenvalue weighted by Crippen LogP contribution is -2.05. The van der Waals surface area contributed by atoms with Gasteiger partial charge in [-0.2, -0.15) is 0 Å². The van der Waals surface area contributed by atoms with Crippen molar-refractivity contribution < 1.29 is 9.47 Å². The number of hydrogen-bond donors (Lipinski definition) is 0. The van der Waals surface area contributed by atoms with Gasteiger partial charge in [-0.05, 0) is 6.07 Å². The molecule has 1 aromatic carbocycles. The molecule has 0 aliphatic rings. The van der Waals surface area contributed by atoms with Crippen LogP contribution in [0.25, 0.3) is 0 Å². The molecule has 0 spiro atoms. The highest BCUT2D eigenvalue weighted by atomic mass is 35.5. The third kappa shape index (κ3) is 3.25. The molecule has 1 rings (SSSR count). The van der Waals surface area contributed by atoms with E-state index in [0.29, 0.717) is 19.1 Å². The smallest absolute Gasteiger partial charge is 0.123 e. The molecule has 0 atom stereocenters. The number of alkyl halides is 1. The van der Waals surface area contributed by atoms with Gasteiger partial charge in [-0.25, -0.2) is 0 Å². The van der Waals surface area contributed by atoms with Crippen LogP contribution in [0.15, 0.2) is 24.3 Å². The van der Waals surface area contributed by atoms with Gasteiger partial charge < -0.3 is 9.47 Å². The molecule has 0 saturated heterocycles. The number of para-hydroxylation sites is 1. The number of benzene rings is 1. The molecule has 0 saturated carbocycles. The van der Waals surface area contributed by atoms with Gasteiger partial charge in [-0.3, -0.25) is 0 Å². The van der Waals surface area contributed by atoms with E-state index in [1.54, 1.807) is 7.11 Å². The Bertz CT molecular complexity index is 250. The third-order valence-electron chi connectivity index (χ3n) is 1.66. The fourth-order valence-corrected chi connectivity index (χ4v) is 1.21. The topological polar surface area (TPSA) is 18.5 Å². The number of rotatable bonds is 5. The average Bonchev–Trinajstić information content (AvgIpc) is 2.19. The molecule has 0 radical (unpaired) electrons. The van der Waals surface area contributed by atoms with E-state index in [4.69, 9.17) is 21.1 Å². The summed E-state index contributed by atoms with van der Waals surface area (Å²) in [6, 6.07) is 7.74. The standard InChI is InChI=1S/C10H13ClO2/c1-12-6-7-13-10-5-3-2-4-9(10)8-11/h2-5H,6-8H2,1H3. The van der Waals surface area contributed by atoms with Crippen molar-refractivity contribution in [1.29, 1.82) is 0 Å². The second-order valence-corrected chi connectivity index (χ2v) is 2.85. The Kier molecular flexibility index (Phi) is 4.65. The minimum atomic E-state index is 0.475. The quantitative estimate of drug-likeness (QED) is 0.537. The van der Waals surface area contributed by atoms with Crippen molar-refractivity contribution in [1.82, 2.24) is 0 Å². The molecule has 0 aliphatic heterocycles. The summed E-state index contributed by atoms with van der Waals surface area (Å²) in [7, 11) is 1.65. The molecule has 0 aliphatic carbocycles. The van der Waals surface area contributed by atoms with E-state index in [1.165, 1.54) is 0 Å². The van der Waals surface area contributed by atoms with Crippen LogP contribution in [0.1, 0.15) is 5.56 Å². The van der Waals surface area contributed by atoms with Gasteiger partial charge in [-0.15, -0.1) is 11.6 Å². The number of methoxy groups -OCH3 is 1. The van der Waals surface area contributed by atoms with Gasteiger partial charge in [0, 0.05) is 12.7 Å². The number of hydrogen-bond acceptors (Lipinski definition) is 2. The van der Waals surface area contributed by atoms with E-state index < -0.39 is 0 Å². The van der Waals surface area contributed by atoms with Crippen LogP contribution >= 0.6 is 11.6 Å². The fourth-order valence-electron chi connectivity index (χ4n) is 0.990. The molecule has 3 heteroatoms. The summed E-state index contributed by atoms with van der Waals surface area (Å²) < 4.78 is 10.3. The zero-order chi connectivity index (χ0) is 9.52. The summed E-state index contributed by atoms with van der Waals surface area (Å²) in [4.78, 5) is 0. The molecule has 0 heterocycles. The Morgan fingerprint density at radius 3 is 2.69 bits per heavy atom. The zero-order valence-corrected chi connectivity index (χ0v) is 8.38. The molecule has 2 nitrogen and oxygen atoms in total. The summed E-state index contributed by atoms with van der Waals surface area (Å²) in [6.07, 6.45) is 0. The second-order valence-electron chi connectivity index (χ2n) is 2.58. The Hall–Kier alpha value is -0.730. The van der Waals surface area contributed by atoms with Crippen LogP contribution in [0, 0.1) is 0 Å². The highest BCUT2D eigenvalue weighted by molar-refractivity contribution is 6.17. The SMILES string of the molecule is COCCOc1ccccc1CCl. The molecule has 72 valence electrons. The lowest BCUT2D eigenvalue weighted by Gasteiger charge is -2.08. The maximum Gasteiger partial charge on any atom is 0.123 e. The first-order chi connectivity index (χ1) is 6.38. The van der Waals surface area contributed by atoms with E-state index in [2.05, 4.69) is 0 Å². The van der Waals surface area contributed by atoms with Crippen molar-refractivity contribution in [2.45, 2.75) is 5.88 Å². The van der Waals surface area contributed by atoms with Crippen molar-refractivity contribution in [3.63, 3.8) is 0 Å². The highest BCUT2D eigenvalue weighted by Gasteiger charge is 1.99. The first-order valence-corrected chi connectivity index (χ1v) is 4.67. The summed E-state index contributed by atoms with van der Waals surface area (Å²) in [5, 5.41) is 0. The minimum absolute atomic E-state index is 0.475. The third-order valence-corrected chi connectivity index (χ3v) is 1.95. The van der Waals surface area contributed by atoms with Crippen LogP contribution in [-0.2, 0) is 10.6 Å². The van der Waals surface area contributed by atoms with Gasteiger partial charge in [0.1, 0.15) is 12.4 Å². The largest absolute Gasteiger partial charge is 0.491 e. The van der Waals surface area contributed by atoms with E-state index >= 15 is 0 Å². The van der Waals surface area contributed by atoms with Crippen LogP contribution in [0.2, 0.25) is 0 Å². The Balaban J connectivity index is 2.54. The molecule has 13 heavy (non-hydrogen) atoms. The van der Waals surface area contributed by atoms with Gasteiger partial charge in [0.05, 0.1) is 12.5 Å². The predicted molar refractivity (Wildman–Crippen MR) is 53.4 cm³/mol. The number of ether oxygens (including phenoxy) is 2. The van der Waals surface area contributed by atoms with Crippen molar-refractivity contribution in [3.8, 4) is 5.75 Å². The van der Waals surface area contributed by atoms with Gasteiger partial charge in [0.15, 0.2) is 0 Å². The van der Waals surface area contributed by atoms with E-state index in [0.717, 1.165) is 11.3 Å². The molecule has 0 amide bonds. The van der Waals surface area contributed by atoms with E-state index in [1.807, 2.05) is 24.3 Å². The minimum Gasteiger partial charge on any atom is -0.491 e. The van der Waals surface area contributed by atoms with Crippen LogP contribution in [-0.4, -0.2) is 20.3 Å². The Labute approximate surface area is 83.4 Å². The monoisotopic (exact) mass is 200 g/mol. The van der Waals surface area contributed by atoms with Crippen LogP contribution < -0.4 is 4.74 Å². The molecule has 0 unspecified atom stereocenters. The molecule has 0 aromatic heterocycles. The van der Waals surface area contributed by atoms with E-state index in [-0.39, 0.29) is 0 Å². The Morgan fingerprint density at radius 1 is 1.23 bits per heavy atom. The summed E-state index contributed by atoms with van der Waals surface area (Å²) in [6.45, 7) is 1.15. The van der Waals surface area contributed by atoms with Crippen LogP contribution in [0.3, 0.4) is 0 Å². The Morgan fingerprint density at radius 2 is 2.00 bits per heavy atom. The first kappa shape index (κ1) is 10.4. The summed E-state index contributed by atoms with van der Waals surface area (Å²) in [5.41, 5.74) is 1.01. The maximum atomic E-state index is 5.73. The van der Waals surface area contributed by atoms with Crippen molar-refractivity contribution in [3.05, 3.63) is 29.8 Å².